The lowest BCUT2D eigenvalue weighted by Crippen LogP contribution is -2.45. The highest BCUT2D eigenvalue weighted by Gasteiger charge is 2.34. The van der Waals surface area contributed by atoms with Crippen LogP contribution >= 0.6 is 23.2 Å². The normalized spacial score (nSPS) is 28.1. The van der Waals surface area contributed by atoms with Crippen LogP contribution in [0, 0.1) is 11.8 Å². The Morgan fingerprint density at radius 1 is 1.10 bits per heavy atom. The lowest BCUT2D eigenvalue weighted by Gasteiger charge is -2.44. The highest BCUT2D eigenvalue weighted by Crippen LogP contribution is 2.40. The van der Waals surface area contributed by atoms with Gasteiger partial charge in [-0.05, 0) is 43.4 Å². The number of halogens is 2. The van der Waals surface area contributed by atoms with Crippen LogP contribution < -0.4 is 5.73 Å². The average Bonchev–Trinajstić information content (AvgIpc) is 2.50. The number of fused-ring (bicyclic) bond motifs is 1. The minimum Gasteiger partial charge on any atom is -0.329 e. The van der Waals surface area contributed by atoms with Crippen molar-refractivity contribution in [2.24, 2.45) is 17.6 Å². The van der Waals surface area contributed by atoms with E-state index in [9.17, 15) is 0 Å². The van der Waals surface area contributed by atoms with Crippen molar-refractivity contribution in [1.82, 2.24) is 4.90 Å². The number of benzene rings is 1. The molecule has 3 unspecified atom stereocenters. The number of nitrogens with two attached hydrogens (primary N) is 1. The van der Waals surface area contributed by atoms with E-state index in [1.54, 1.807) is 0 Å². The highest BCUT2D eigenvalue weighted by molar-refractivity contribution is 6.36. The summed E-state index contributed by atoms with van der Waals surface area (Å²) in [6.07, 6.45) is 6.88. The molecular weight excluding hydrogens is 303 g/mol. The molecule has 1 heterocycles. The van der Waals surface area contributed by atoms with Crippen molar-refractivity contribution >= 4 is 23.2 Å². The van der Waals surface area contributed by atoms with Gasteiger partial charge in [-0.25, -0.2) is 0 Å². The van der Waals surface area contributed by atoms with Crippen LogP contribution in [0.5, 0.6) is 0 Å². The van der Waals surface area contributed by atoms with Gasteiger partial charge in [0.25, 0.3) is 0 Å². The van der Waals surface area contributed by atoms with Crippen molar-refractivity contribution in [3.8, 4) is 0 Å². The number of hydrogen-bond donors (Lipinski definition) is 1. The van der Waals surface area contributed by atoms with Gasteiger partial charge < -0.3 is 5.73 Å². The Morgan fingerprint density at radius 2 is 1.76 bits per heavy atom. The maximum absolute atomic E-state index is 6.39. The van der Waals surface area contributed by atoms with Crippen LogP contribution in [0.25, 0.3) is 0 Å². The summed E-state index contributed by atoms with van der Waals surface area (Å²) in [5.74, 6) is 1.76. The van der Waals surface area contributed by atoms with Gasteiger partial charge in [-0.3, -0.25) is 4.90 Å². The van der Waals surface area contributed by atoms with Gasteiger partial charge in [0.2, 0.25) is 0 Å². The Morgan fingerprint density at radius 3 is 2.43 bits per heavy atom. The van der Waals surface area contributed by atoms with Gasteiger partial charge in [0.15, 0.2) is 0 Å². The standard InChI is InChI=1S/C17H24Cl2N2/c18-14-6-3-7-15(19)17(14)16(10-20)21-9-8-12-4-1-2-5-13(12)11-21/h3,6-7,12-13,16H,1-2,4-5,8-11,20H2. The average molecular weight is 327 g/mol. The Bertz CT molecular complexity index is 471. The lowest BCUT2D eigenvalue weighted by molar-refractivity contribution is 0.0587. The molecule has 0 spiro atoms. The summed E-state index contributed by atoms with van der Waals surface area (Å²) in [6, 6.07) is 5.88. The number of likely N-dealkylation sites (tertiary alicyclic amines) is 1. The van der Waals surface area contributed by atoms with E-state index in [2.05, 4.69) is 4.90 Å². The largest absolute Gasteiger partial charge is 0.329 e. The second kappa shape index (κ2) is 6.87. The van der Waals surface area contributed by atoms with E-state index in [0.29, 0.717) is 6.54 Å². The Balaban J connectivity index is 1.80. The topological polar surface area (TPSA) is 29.3 Å². The van der Waals surface area contributed by atoms with Gasteiger partial charge in [-0.1, -0.05) is 48.5 Å². The molecule has 0 radical (unpaired) electrons. The number of hydrogen-bond acceptors (Lipinski definition) is 2. The summed E-state index contributed by atoms with van der Waals surface area (Å²) >= 11 is 12.8. The van der Waals surface area contributed by atoms with Crippen LogP contribution in [0.2, 0.25) is 10.0 Å². The summed E-state index contributed by atoms with van der Waals surface area (Å²) in [7, 11) is 0. The molecule has 2 fully saturated rings. The molecule has 1 aromatic carbocycles. The molecule has 1 saturated carbocycles. The van der Waals surface area contributed by atoms with E-state index in [1.165, 1.54) is 32.1 Å². The zero-order valence-corrected chi connectivity index (χ0v) is 13.9. The van der Waals surface area contributed by atoms with E-state index in [4.69, 9.17) is 28.9 Å². The van der Waals surface area contributed by atoms with Gasteiger partial charge in [0.1, 0.15) is 0 Å². The molecule has 4 heteroatoms. The van der Waals surface area contributed by atoms with E-state index in [-0.39, 0.29) is 6.04 Å². The fourth-order valence-electron chi connectivity index (χ4n) is 4.19. The molecule has 1 saturated heterocycles. The van der Waals surface area contributed by atoms with Crippen LogP contribution in [0.15, 0.2) is 18.2 Å². The van der Waals surface area contributed by atoms with Crippen LogP contribution in [0.3, 0.4) is 0 Å². The van der Waals surface area contributed by atoms with Crippen LogP contribution in [-0.2, 0) is 0 Å². The Labute approximate surface area is 137 Å². The second-order valence-corrected chi connectivity index (χ2v) is 7.29. The van der Waals surface area contributed by atoms with Crippen molar-refractivity contribution in [3.05, 3.63) is 33.8 Å². The predicted octanol–water partition coefficient (Wildman–Crippen LogP) is 4.51. The molecular formula is C17H24Cl2N2. The quantitative estimate of drug-likeness (QED) is 0.885. The number of piperidine rings is 1. The molecule has 0 amide bonds. The molecule has 21 heavy (non-hydrogen) atoms. The van der Waals surface area contributed by atoms with Crippen LogP contribution in [-0.4, -0.2) is 24.5 Å². The van der Waals surface area contributed by atoms with Gasteiger partial charge in [-0.15, -0.1) is 0 Å². The third-order valence-electron chi connectivity index (χ3n) is 5.32. The first-order valence-electron chi connectivity index (χ1n) is 8.08. The first-order chi connectivity index (χ1) is 10.2. The SMILES string of the molecule is NCC(c1c(Cl)cccc1Cl)N1CCC2CCCCC2C1. The van der Waals surface area contributed by atoms with Gasteiger partial charge in [-0.2, -0.15) is 0 Å². The molecule has 2 aliphatic rings. The zero-order chi connectivity index (χ0) is 14.8. The lowest BCUT2D eigenvalue weighted by atomic mass is 9.74. The van der Waals surface area contributed by atoms with E-state index in [1.807, 2.05) is 18.2 Å². The Hall–Kier alpha value is -0.280. The van der Waals surface area contributed by atoms with Gasteiger partial charge in [0, 0.05) is 34.7 Å². The van der Waals surface area contributed by atoms with Crippen LogP contribution in [0.1, 0.15) is 43.7 Å². The smallest absolute Gasteiger partial charge is 0.0500 e. The number of rotatable bonds is 3. The third kappa shape index (κ3) is 3.24. The number of nitrogens with zero attached hydrogens (tertiary/aromatic N) is 1. The maximum Gasteiger partial charge on any atom is 0.0500 e. The molecule has 1 aromatic rings. The van der Waals surface area contributed by atoms with Crippen molar-refractivity contribution in [1.29, 1.82) is 0 Å². The predicted molar refractivity (Wildman–Crippen MR) is 89.9 cm³/mol. The monoisotopic (exact) mass is 326 g/mol. The van der Waals surface area contributed by atoms with Crippen molar-refractivity contribution < 1.29 is 0 Å². The first-order valence-corrected chi connectivity index (χ1v) is 8.84. The Kier molecular flexibility index (Phi) is 5.11. The first kappa shape index (κ1) is 15.6. The van der Waals surface area contributed by atoms with Gasteiger partial charge in [0.05, 0.1) is 0 Å². The van der Waals surface area contributed by atoms with E-state index >= 15 is 0 Å². The highest BCUT2D eigenvalue weighted by atomic mass is 35.5. The summed E-state index contributed by atoms with van der Waals surface area (Å²) in [4.78, 5) is 2.51. The van der Waals surface area contributed by atoms with Gasteiger partial charge >= 0.3 is 0 Å². The minimum atomic E-state index is 0.147. The van der Waals surface area contributed by atoms with E-state index in [0.717, 1.165) is 40.5 Å². The molecule has 0 bridgehead atoms. The molecule has 2 nitrogen and oxygen atoms in total. The molecule has 2 N–H and O–H groups in total. The molecule has 1 aliphatic carbocycles. The second-order valence-electron chi connectivity index (χ2n) is 6.48. The van der Waals surface area contributed by atoms with Crippen molar-refractivity contribution in [2.45, 2.75) is 38.1 Å². The van der Waals surface area contributed by atoms with Crippen molar-refractivity contribution in [2.75, 3.05) is 19.6 Å². The fraction of sp³-hybridized carbons (Fsp3) is 0.647. The maximum atomic E-state index is 6.39. The van der Waals surface area contributed by atoms with Crippen molar-refractivity contribution in [3.63, 3.8) is 0 Å². The minimum absolute atomic E-state index is 0.147. The molecule has 116 valence electrons. The third-order valence-corrected chi connectivity index (χ3v) is 5.98. The summed E-state index contributed by atoms with van der Waals surface area (Å²) < 4.78 is 0. The molecule has 1 aliphatic heterocycles. The van der Waals surface area contributed by atoms with Crippen LogP contribution in [0.4, 0.5) is 0 Å². The molecule has 0 aromatic heterocycles. The molecule has 3 rings (SSSR count). The summed E-state index contributed by atoms with van der Waals surface area (Å²) in [6.45, 7) is 2.83. The summed E-state index contributed by atoms with van der Waals surface area (Å²) in [5.41, 5.74) is 7.09. The zero-order valence-electron chi connectivity index (χ0n) is 12.4. The fourth-order valence-corrected chi connectivity index (χ4v) is 4.84. The molecule has 3 atom stereocenters. The summed E-state index contributed by atoms with van der Waals surface area (Å²) in [5, 5.41) is 1.48. The van der Waals surface area contributed by atoms with E-state index < -0.39 is 0 Å².